The fraction of sp³-hybridized carbons (Fsp3) is 0.375. The topological polar surface area (TPSA) is 53.1 Å². The Labute approximate surface area is 136 Å². The highest BCUT2D eigenvalue weighted by Crippen LogP contribution is 2.11. The molecule has 0 aliphatic carbocycles. The summed E-state index contributed by atoms with van der Waals surface area (Å²) in [4.78, 5) is 10.8. The molecular weight excluding hydrogens is 298 g/mol. The summed E-state index contributed by atoms with van der Waals surface area (Å²) in [5, 5.41) is 7.28. The second kappa shape index (κ2) is 8.56. The van der Waals surface area contributed by atoms with E-state index in [9.17, 15) is 0 Å². The van der Waals surface area contributed by atoms with Crippen molar-refractivity contribution >= 4 is 23.4 Å². The standard InChI is InChI=1S/C16H22ClN5/c1-22(2)11-10-18-15-7-9-20-16(21-15)19-8-6-13-4-3-5-14(17)12-13/h3-5,7,9,12H,6,8,10-11H2,1-2H3,(H2,18,19,20,21). The van der Waals surface area contributed by atoms with Crippen LogP contribution >= 0.6 is 11.6 Å². The molecule has 0 aliphatic heterocycles. The number of hydrogen-bond donors (Lipinski definition) is 2. The van der Waals surface area contributed by atoms with Gasteiger partial charge in [-0.25, -0.2) is 4.98 Å². The fourth-order valence-corrected chi connectivity index (χ4v) is 2.17. The molecule has 0 radical (unpaired) electrons. The molecule has 1 aromatic carbocycles. The number of nitrogens with one attached hydrogen (secondary N) is 2. The van der Waals surface area contributed by atoms with Crippen molar-refractivity contribution in [3.8, 4) is 0 Å². The highest BCUT2D eigenvalue weighted by molar-refractivity contribution is 6.30. The predicted molar refractivity (Wildman–Crippen MR) is 92.7 cm³/mol. The Morgan fingerprint density at radius 1 is 1.14 bits per heavy atom. The van der Waals surface area contributed by atoms with Gasteiger partial charge in [0.2, 0.25) is 5.95 Å². The smallest absolute Gasteiger partial charge is 0.224 e. The van der Waals surface area contributed by atoms with Crippen LogP contribution in [0.1, 0.15) is 5.56 Å². The molecule has 0 aliphatic rings. The Hall–Kier alpha value is -1.85. The zero-order valence-corrected chi connectivity index (χ0v) is 13.8. The lowest BCUT2D eigenvalue weighted by molar-refractivity contribution is 0.425. The van der Waals surface area contributed by atoms with E-state index < -0.39 is 0 Å². The van der Waals surface area contributed by atoms with E-state index in [4.69, 9.17) is 11.6 Å². The molecule has 22 heavy (non-hydrogen) atoms. The monoisotopic (exact) mass is 319 g/mol. The first-order chi connectivity index (χ1) is 10.6. The van der Waals surface area contributed by atoms with Crippen molar-refractivity contribution in [2.75, 3.05) is 44.4 Å². The van der Waals surface area contributed by atoms with Crippen molar-refractivity contribution in [3.63, 3.8) is 0 Å². The molecule has 2 rings (SSSR count). The maximum absolute atomic E-state index is 5.98. The van der Waals surface area contributed by atoms with Gasteiger partial charge in [-0.05, 0) is 44.3 Å². The summed E-state index contributed by atoms with van der Waals surface area (Å²) < 4.78 is 0. The van der Waals surface area contributed by atoms with Crippen LogP contribution in [0.15, 0.2) is 36.5 Å². The van der Waals surface area contributed by atoms with E-state index in [-0.39, 0.29) is 0 Å². The summed E-state index contributed by atoms with van der Waals surface area (Å²) in [6.45, 7) is 2.58. The van der Waals surface area contributed by atoms with Crippen LogP contribution in [-0.2, 0) is 6.42 Å². The maximum Gasteiger partial charge on any atom is 0.224 e. The maximum atomic E-state index is 5.98. The summed E-state index contributed by atoms with van der Waals surface area (Å²) in [6.07, 6.45) is 2.63. The van der Waals surface area contributed by atoms with Crippen LogP contribution in [0.4, 0.5) is 11.8 Å². The first kappa shape index (κ1) is 16.5. The highest BCUT2D eigenvalue weighted by Gasteiger charge is 2.00. The van der Waals surface area contributed by atoms with Gasteiger partial charge in [0.25, 0.3) is 0 Å². The van der Waals surface area contributed by atoms with E-state index in [0.29, 0.717) is 5.95 Å². The Bertz CT molecular complexity index is 588. The van der Waals surface area contributed by atoms with Gasteiger partial charge in [0.15, 0.2) is 0 Å². The van der Waals surface area contributed by atoms with Crippen LogP contribution in [0.5, 0.6) is 0 Å². The zero-order chi connectivity index (χ0) is 15.8. The third-order valence-corrected chi connectivity index (χ3v) is 3.34. The molecule has 5 nitrogen and oxygen atoms in total. The third kappa shape index (κ3) is 5.87. The first-order valence-electron chi connectivity index (χ1n) is 7.33. The van der Waals surface area contributed by atoms with Crippen molar-refractivity contribution in [1.82, 2.24) is 14.9 Å². The van der Waals surface area contributed by atoms with E-state index >= 15 is 0 Å². The minimum atomic E-state index is 0.636. The molecular formula is C16H22ClN5. The number of rotatable bonds is 8. The van der Waals surface area contributed by atoms with Crippen LogP contribution < -0.4 is 10.6 Å². The molecule has 1 heterocycles. The van der Waals surface area contributed by atoms with E-state index in [2.05, 4.69) is 31.6 Å². The Morgan fingerprint density at radius 2 is 2.00 bits per heavy atom. The number of benzene rings is 1. The van der Waals surface area contributed by atoms with E-state index in [1.807, 2.05) is 38.4 Å². The van der Waals surface area contributed by atoms with E-state index in [1.165, 1.54) is 5.56 Å². The number of aromatic nitrogens is 2. The lowest BCUT2D eigenvalue weighted by Gasteiger charge is -2.11. The molecule has 0 fully saturated rings. The highest BCUT2D eigenvalue weighted by atomic mass is 35.5. The summed E-state index contributed by atoms with van der Waals surface area (Å²) in [5.74, 6) is 1.47. The van der Waals surface area contributed by atoms with E-state index in [0.717, 1.165) is 36.9 Å². The van der Waals surface area contributed by atoms with Crippen LogP contribution in [0.2, 0.25) is 5.02 Å². The van der Waals surface area contributed by atoms with Crippen molar-refractivity contribution in [1.29, 1.82) is 0 Å². The first-order valence-corrected chi connectivity index (χ1v) is 7.71. The number of anilines is 2. The fourth-order valence-electron chi connectivity index (χ4n) is 1.96. The van der Waals surface area contributed by atoms with Crippen molar-refractivity contribution in [3.05, 3.63) is 47.1 Å². The van der Waals surface area contributed by atoms with Gasteiger partial charge in [-0.1, -0.05) is 23.7 Å². The van der Waals surface area contributed by atoms with Crippen LogP contribution in [-0.4, -0.2) is 48.6 Å². The van der Waals surface area contributed by atoms with Crippen LogP contribution in [0.25, 0.3) is 0 Å². The van der Waals surface area contributed by atoms with Gasteiger partial charge in [0.05, 0.1) is 0 Å². The number of nitrogens with zero attached hydrogens (tertiary/aromatic N) is 3. The summed E-state index contributed by atoms with van der Waals surface area (Å²) in [7, 11) is 4.09. The van der Waals surface area contributed by atoms with Gasteiger partial charge in [0, 0.05) is 30.9 Å². The quantitative estimate of drug-likeness (QED) is 0.783. The second-order valence-electron chi connectivity index (χ2n) is 5.30. The Kier molecular flexibility index (Phi) is 6.43. The van der Waals surface area contributed by atoms with Crippen molar-refractivity contribution in [2.24, 2.45) is 0 Å². The molecule has 0 atom stereocenters. The zero-order valence-electron chi connectivity index (χ0n) is 13.0. The largest absolute Gasteiger partial charge is 0.369 e. The minimum Gasteiger partial charge on any atom is -0.369 e. The molecule has 2 N–H and O–H groups in total. The van der Waals surface area contributed by atoms with Crippen LogP contribution in [0, 0.1) is 0 Å². The third-order valence-electron chi connectivity index (χ3n) is 3.11. The molecule has 0 saturated carbocycles. The molecule has 2 aromatic rings. The van der Waals surface area contributed by atoms with Crippen molar-refractivity contribution < 1.29 is 0 Å². The number of likely N-dealkylation sites (N-methyl/N-ethyl adjacent to an activating group) is 1. The average molecular weight is 320 g/mol. The second-order valence-corrected chi connectivity index (χ2v) is 5.74. The molecule has 0 unspecified atom stereocenters. The lowest BCUT2D eigenvalue weighted by atomic mass is 10.1. The Morgan fingerprint density at radius 3 is 2.77 bits per heavy atom. The van der Waals surface area contributed by atoms with Crippen LogP contribution in [0.3, 0.4) is 0 Å². The van der Waals surface area contributed by atoms with E-state index in [1.54, 1.807) is 6.20 Å². The van der Waals surface area contributed by atoms with Gasteiger partial charge in [0.1, 0.15) is 5.82 Å². The molecule has 0 amide bonds. The number of halogens is 1. The minimum absolute atomic E-state index is 0.636. The molecule has 1 aromatic heterocycles. The predicted octanol–water partition coefficient (Wildman–Crippen LogP) is 2.76. The molecule has 6 heteroatoms. The Balaban J connectivity index is 1.80. The summed E-state index contributed by atoms with van der Waals surface area (Å²) in [6, 6.07) is 9.75. The van der Waals surface area contributed by atoms with Gasteiger partial charge in [-0.15, -0.1) is 0 Å². The SMILES string of the molecule is CN(C)CCNc1ccnc(NCCc2cccc(Cl)c2)n1. The van der Waals surface area contributed by atoms with Gasteiger partial charge < -0.3 is 15.5 Å². The molecule has 0 bridgehead atoms. The molecule has 118 valence electrons. The average Bonchev–Trinajstić information content (AvgIpc) is 2.47. The summed E-state index contributed by atoms with van der Waals surface area (Å²) in [5.41, 5.74) is 1.19. The molecule has 0 saturated heterocycles. The summed E-state index contributed by atoms with van der Waals surface area (Å²) >= 11 is 5.98. The normalized spacial score (nSPS) is 10.7. The van der Waals surface area contributed by atoms with Gasteiger partial charge >= 0.3 is 0 Å². The van der Waals surface area contributed by atoms with Crippen molar-refractivity contribution in [2.45, 2.75) is 6.42 Å². The molecule has 0 spiro atoms. The van der Waals surface area contributed by atoms with Gasteiger partial charge in [-0.2, -0.15) is 4.98 Å². The number of hydrogen-bond acceptors (Lipinski definition) is 5. The lowest BCUT2D eigenvalue weighted by Crippen LogP contribution is -2.21. The van der Waals surface area contributed by atoms with Gasteiger partial charge in [-0.3, -0.25) is 0 Å².